The molecule has 0 radical (unpaired) electrons. The molecular weight excluding hydrogens is 318 g/mol. The summed E-state index contributed by atoms with van der Waals surface area (Å²) < 4.78 is 28.9. The largest absolute Gasteiger partial charge is 0.435 e. The van der Waals surface area contributed by atoms with E-state index in [0.29, 0.717) is 5.92 Å². The Morgan fingerprint density at radius 2 is 1.44 bits per heavy atom. The normalized spacial score (nSPS) is 30.4. The van der Waals surface area contributed by atoms with Crippen molar-refractivity contribution >= 4 is 0 Å². The molecule has 0 aliphatic heterocycles. The van der Waals surface area contributed by atoms with E-state index in [1.807, 2.05) is 12.1 Å². The molecule has 0 heterocycles. The molecule has 2 aliphatic carbocycles. The lowest BCUT2D eigenvalue weighted by Gasteiger charge is -2.38. The Balaban J connectivity index is 1.46. The lowest BCUT2D eigenvalue weighted by molar-refractivity contribution is -0.0498. The number of rotatable bonds is 6. The molecule has 0 N–H and O–H groups in total. The van der Waals surface area contributed by atoms with E-state index in [2.05, 4.69) is 11.7 Å². The molecule has 3 heteroatoms. The Bertz CT molecular complexity index is 497. The van der Waals surface area contributed by atoms with Gasteiger partial charge in [-0.1, -0.05) is 44.7 Å². The second-order valence-corrected chi connectivity index (χ2v) is 8.13. The van der Waals surface area contributed by atoms with Crippen LogP contribution in [0.15, 0.2) is 24.3 Å². The van der Waals surface area contributed by atoms with Crippen LogP contribution in [0, 0.1) is 17.8 Å². The monoisotopic (exact) mass is 350 g/mol. The summed E-state index contributed by atoms with van der Waals surface area (Å²) in [5.41, 5.74) is 1.28. The van der Waals surface area contributed by atoms with Gasteiger partial charge in [0, 0.05) is 0 Å². The second-order valence-electron chi connectivity index (χ2n) is 8.13. The first-order chi connectivity index (χ1) is 12.2. The molecule has 0 unspecified atom stereocenters. The Hall–Kier alpha value is -1.12. The van der Waals surface area contributed by atoms with E-state index in [-0.39, 0.29) is 5.75 Å². The first-order valence-corrected chi connectivity index (χ1v) is 10.2. The fourth-order valence-corrected chi connectivity index (χ4v) is 5.20. The number of benzene rings is 1. The fraction of sp³-hybridized carbons (Fsp3) is 0.727. The Labute approximate surface area is 151 Å². The molecule has 2 aliphatic rings. The second kappa shape index (κ2) is 9.00. The summed E-state index contributed by atoms with van der Waals surface area (Å²) in [6.45, 7) is -0.437. The van der Waals surface area contributed by atoms with Crippen molar-refractivity contribution < 1.29 is 13.5 Å². The summed E-state index contributed by atoms with van der Waals surface area (Å²) in [6, 6.07) is 7.31. The molecular formula is C22H32F2O. The molecule has 0 atom stereocenters. The number of hydrogen-bond donors (Lipinski definition) is 0. The summed E-state index contributed by atoms with van der Waals surface area (Å²) in [4.78, 5) is 0. The van der Waals surface area contributed by atoms with Crippen molar-refractivity contribution in [3.05, 3.63) is 29.8 Å². The SMILES string of the molecule is CCC[C@H]1CC[C@H](C2CCC(c3ccc(OC(F)F)cc3)CC2)CC1. The van der Waals surface area contributed by atoms with Crippen molar-refractivity contribution in [2.45, 2.75) is 83.7 Å². The van der Waals surface area contributed by atoms with Crippen molar-refractivity contribution in [2.24, 2.45) is 17.8 Å². The zero-order valence-corrected chi connectivity index (χ0v) is 15.4. The van der Waals surface area contributed by atoms with Crippen LogP contribution in [0.3, 0.4) is 0 Å². The van der Waals surface area contributed by atoms with Gasteiger partial charge in [0.05, 0.1) is 0 Å². The number of hydrogen-bond acceptors (Lipinski definition) is 1. The van der Waals surface area contributed by atoms with Crippen LogP contribution in [0.25, 0.3) is 0 Å². The van der Waals surface area contributed by atoms with Crippen LogP contribution >= 0.6 is 0 Å². The molecule has 0 aromatic heterocycles. The van der Waals surface area contributed by atoms with Gasteiger partial charge in [0.1, 0.15) is 5.75 Å². The van der Waals surface area contributed by atoms with Crippen molar-refractivity contribution in [3.8, 4) is 5.75 Å². The van der Waals surface area contributed by atoms with E-state index < -0.39 is 6.61 Å². The summed E-state index contributed by atoms with van der Waals surface area (Å²) in [5.74, 6) is 3.72. The molecule has 140 valence electrons. The van der Waals surface area contributed by atoms with E-state index in [9.17, 15) is 8.78 Å². The first kappa shape index (κ1) is 18.7. The maximum atomic E-state index is 12.2. The Morgan fingerprint density at radius 3 is 1.96 bits per heavy atom. The quantitative estimate of drug-likeness (QED) is 0.528. The van der Waals surface area contributed by atoms with Crippen LogP contribution in [0.5, 0.6) is 5.75 Å². The van der Waals surface area contributed by atoms with Crippen LogP contribution in [0.1, 0.15) is 82.6 Å². The summed E-state index contributed by atoms with van der Waals surface area (Å²) in [7, 11) is 0. The van der Waals surface area contributed by atoms with Crippen LogP contribution in [0.4, 0.5) is 8.78 Å². The molecule has 1 aromatic carbocycles. The molecule has 0 saturated heterocycles. The van der Waals surface area contributed by atoms with Gasteiger partial charge in [-0.3, -0.25) is 0 Å². The molecule has 1 nitrogen and oxygen atoms in total. The third-order valence-electron chi connectivity index (χ3n) is 6.60. The smallest absolute Gasteiger partial charge is 0.387 e. The molecule has 0 amide bonds. The summed E-state index contributed by atoms with van der Waals surface area (Å²) >= 11 is 0. The topological polar surface area (TPSA) is 9.23 Å². The summed E-state index contributed by atoms with van der Waals surface area (Å²) in [5, 5.41) is 0. The van der Waals surface area contributed by atoms with Gasteiger partial charge in [0.25, 0.3) is 0 Å². The molecule has 2 saturated carbocycles. The minimum atomic E-state index is -2.74. The average molecular weight is 350 g/mol. The first-order valence-electron chi connectivity index (χ1n) is 10.2. The Kier molecular flexibility index (Phi) is 6.72. The molecule has 0 bridgehead atoms. The minimum absolute atomic E-state index is 0.260. The van der Waals surface area contributed by atoms with Gasteiger partial charge in [-0.05, 0) is 79.9 Å². The molecule has 2 fully saturated rings. The van der Waals surface area contributed by atoms with Crippen molar-refractivity contribution in [1.82, 2.24) is 0 Å². The highest BCUT2D eigenvalue weighted by atomic mass is 19.3. The maximum Gasteiger partial charge on any atom is 0.387 e. The van der Waals surface area contributed by atoms with Crippen LogP contribution < -0.4 is 4.74 Å². The third-order valence-corrected chi connectivity index (χ3v) is 6.60. The summed E-state index contributed by atoms with van der Waals surface area (Å²) in [6.07, 6.45) is 13.7. The van der Waals surface area contributed by atoms with Gasteiger partial charge < -0.3 is 4.74 Å². The van der Waals surface area contributed by atoms with Crippen LogP contribution in [-0.4, -0.2) is 6.61 Å². The zero-order valence-electron chi connectivity index (χ0n) is 15.4. The predicted molar refractivity (Wildman–Crippen MR) is 98.1 cm³/mol. The molecule has 25 heavy (non-hydrogen) atoms. The number of alkyl halides is 2. The van der Waals surface area contributed by atoms with E-state index in [1.54, 1.807) is 12.1 Å². The van der Waals surface area contributed by atoms with Crippen molar-refractivity contribution in [3.63, 3.8) is 0 Å². The van der Waals surface area contributed by atoms with E-state index in [4.69, 9.17) is 0 Å². The highest BCUT2D eigenvalue weighted by molar-refractivity contribution is 5.29. The van der Waals surface area contributed by atoms with Gasteiger partial charge in [0.2, 0.25) is 0 Å². The third kappa shape index (κ3) is 5.18. The lowest BCUT2D eigenvalue weighted by atomic mass is 9.68. The molecule has 0 spiro atoms. The predicted octanol–water partition coefficient (Wildman–Crippen LogP) is 7.17. The standard InChI is InChI=1S/C22H32F2O/c1-2-3-16-4-6-17(7-5-16)18-8-10-19(11-9-18)20-12-14-21(15-13-20)25-22(23)24/h12-19,22H,2-11H2,1H3/t16-,17-,18?,19?. The number of halogens is 2. The maximum absolute atomic E-state index is 12.2. The van der Waals surface area contributed by atoms with Crippen molar-refractivity contribution in [2.75, 3.05) is 0 Å². The minimum Gasteiger partial charge on any atom is -0.435 e. The van der Waals surface area contributed by atoms with Gasteiger partial charge in [-0.25, -0.2) is 0 Å². The van der Waals surface area contributed by atoms with Crippen LogP contribution in [-0.2, 0) is 0 Å². The van der Waals surface area contributed by atoms with Gasteiger partial charge in [-0.2, -0.15) is 8.78 Å². The highest BCUT2D eigenvalue weighted by Gasteiger charge is 2.31. The van der Waals surface area contributed by atoms with Crippen molar-refractivity contribution in [1.29, 1.82) is 0 Å². The lowest BCUT2D eigenvalue weighted by Crippen LogP contribution is -2.25. The molecule has 1 aromatic rings. The average Bonchev–Trinajstić information content (AvgIpc) is 2.63. The van der Waals surface area contributed by atoms with Crippen LogP contribution in [0.2, 0.25) is 0 Å². The van der Waals surface area contributed by atoms with Gasteiger partial charge >= 0.3 is 6.61 Å². The number of ether oxygens (including phenoxy) is 1. The van der Waals surface area contributed by atoms with E-state index in [1.165, 1.54) is 69.8 Å². The Morgan fingerprint density at radius 1 is 0.880 bits per heavy atom. The van der Waals surface area contributed by atoms with Gasteiger partial charge in [0.15, 0.2) is 0 Å². The van der Waals surface area contributed by atoms with E-state index in [0.717, 1.165) is 17.8 Å². The molecule has 3 rings (SSSR count). The zero-order chi connectivity index (χ0) is 17.6. The fourth-order valence-electron chi connectivity index (χ4n) is 5.20. The van der Waals surface area contributed by atoms with Gasteiger partial charge in [-0.15, -0.1) is 0 Å². The van der Waals surface area contributed by atoms with E-state index >= 15 is 0 Å². The highest BCUT2D eigenvalue weighted by Crippen LogP contribution is 2.44.